The Hall–Kier alpha value is -2.87. The van der Waals surface area contributed by atoms with Gasteiger partial charge in [-0.15, -0.1) is 0 Å². The highest BCUT2D eigenvalue weighted by molar-refractivity contribution is 7.92. The predicted octanol–water partition coefficient (Wildman–Crippen LogP) is 4.62. The van der Waals surface area contributed by atoms with Crippen molar-refractivity contribution in [1.29, 1.82) is 0 Å². The quantitative estimate of drug-likeness (QED) is 0.512. The van der Waals surface area contributed by atoms with Crippen molar-refractivity contribution in [2.24, 2.45) is 0 Å². The van der Waals surface area contributed by atoms with Gasteiger partial charge in [0, 0.05) is 41.4 Å². The zero-order valence-electron chi connectivity index (χ0n) is 18.0. The number of ether oxygens (including phenoxy) is 1. The van der Waals surface area contributed by atoms with Crippen LogP contribution in [0.25, 0.3) is 0 Å². The van der Waals surface area contributed by atoms with E-state index in [2.05, 4.69) is 10.0 Å². The van der Waals surface area contributed by atoms with Crippen molar-refractivity contribution in [3.63, 3.8) is 0 Å². The third-order valence-corrected chi connectivity index (χ3v) is 7.60. The van der Waals surface area contributed by atoms with Crippen LogP contribution < -0.4 is 10.0 Å². The van der Waals surface area contributed by atoms with Crippen LogP contribution >= 0.6 is 11.6 Å². The summed E-state index contributed by atoms with van der Waals surface area (Å²) in [7, 11) is -3.74. The minimum atomic E-state index is -3.74. The van der Waals surface area contributed by atoms with Gasteiger partial charge in [-0.25, -0.2) is 8.42 Å². The van der Waals surface area contributed by atoms with E-state index in [1.165, 1.54) is 24.3 Å². The van der Waals surface area contributed by atoms with E-state index >= 15 is 0 Å². The molecule has 1 amide bonds. The van der Waals surface area contributed by atoms with Gasteiger partial charge >= 0.3 is 0 Å². The van der Waals surface area contributed by atoms with Gasteiger partial charge in [-0.2, -0.15) is 0 Å². The molecule has 1 heterocycles. The van der Waals surface area contributed by atoms with E-state index in [1.807, 2.05) is 30.3 Å². The molecule has 0 saturated carbocycles. The molecule has 0 atom stereocenters. The van der Waals surface area contributed by atoms with E-state index in [4.69, 9.17) is 16.3 Å². The van der Waals surface area contributed by atoms with Gasteiger partial charge in [-0.3, -0.25) is 9.52 Å². The molecule has 1 aliphatic heterocycles. The van der Waals surface area contributed by atoms with Crippen LogP contribution in [0.3, 0.4) is 0 Å². The van der Waals surface area contributed by atoms with Gasteiger partial charge in [0.1, 0.15) is 0 Å². The second kappa shape index (κ2) is 9.95. The number of halogens is 1. The Labute approximate surface area is 199 Å². The fraction of sp³-hybridized carbons (Fsp3) is 0.240. The zero-order valence-corrected chi connectivity index (χ0v) is 19.5. The number of sulfonamides is 1. The SMILES string of the molecule is O=C(NCC1(c2ccc(Cl)cc2)CCOCC1)c1ccc(S(=O)(=O)Nc2ccccc2)cc1. The van der Waals surface area contributed by atoms with Crippen molar-refractivity contribution in [3.8, 4) is 0 Å². The third-order valence-electron chi connectivity index (χ3n) is 5.95. The van der Waals surface area contributed by atoms with Gasteiger partial charge in [0.25, 0.3) is 15.9 Å². The van der Waals surface area contributed by atoms with Crippen LogP contribution in [0.2, 0.25) is 5.02 Å². The maximum atomic E-state index is 12.8. The van der Waals surface area contributed by atoms with Crippen molar-refractivity contribution in [1.82, 2.24) is 5.32 Å². The lowest BCUT2D eigenvalue weighted by molar-refractivity contribution is 0.0487. The number of carbonyl (C=O) groups is 1. The Kier molecular flexibility index (Phi) is 7.02. The number of anilines is 1. The topological polar surface area (TPSA) is 84.5 Å². The monoisotopic (exact) mass is 484 g/mol. The molecule has 1 saturated heterocycles. The molecule has 172 valence electrons. The summed E-state index contributed by atoms with van der Waals surface area (Å²) in [6.07, 6.45) is 1.58. The van der Waals surface area contributed by atoms with Crippen LogP contribution in [0.15, 0.2) is 83.8 Å². The van der Waals surface area contributed by atoms with Gasteiger partial charge in [0.05, 0.1) is 4.90 Å². The molecule has 3 aromatic rings. The number of amides is 1. The van der Waals surface area contributed by atoms with E-state index in [1.54, 1.807) is 24.3 Å². The summed E-state index contributed by atoms with van der Waals surface area (Å²) in [5.74, 6) is -0.255. The molecule has 3 aromatic carbocycles. The highest BCUT2D eigenvalue weighted by Gasteiger charge is 2.35. The van der Waals surface area contributed by atoms with Crippen LogP contribution in [0, 0.1) is 0 Å². The van der Waals surface area contributed by atoms with E-state index in [0.29, 0.717) is 36.0 Å². The van der Waals surface area contributed by atoms with Gasteiger partial charge in [0.2, 0.25) is 0 Å². The molecule has 1 fully saturated rings. The first-order chi connectivity index (χ1) is 15.9. The summed E-state index contributed by atoms with van der Waals surface area (Å²) in [4.78, 5) is 12.9. The van der Waals surface area contributed by atoms with Crippen molar-refractivity contribution in [2.45, 2.75) is 23.2 Å². The number of benzene rings is 3. The third kappa shape index (κ3) is 5.55. The highest BCUT2D eigenvalue weighted by atomic mass is 35.5. The molecule has 33 heavy (non-hydrogen) atoms. The smallest absolute Gasteiger partial charge is 0.261 e. The minimum absolute atomic E-state index is 0.0879. The molecule has 2 N–H and O–H groups in total. The largest absolute Gasteiger partial charge is 0.381 e. The second-order valence-corrected chi connectivity index (χ2v) is 10.2. The van der Waals surface area contributed by atoms with Crippen molar-refractivity contribution >= 4 is 33.2 Å². The molecule has 0 unspecified atom stereocenters. The zero-order chi connectivity index (χ0) is 23.3. The predicted molar refractivity (Wildman–Crippen MR) is 129 cm³/mol. The molecule has 0 aliphatic carbocycles. The first-order valence-corrected chi connectivity index (χ1v) is 12.5. The maximum absolute atomic E-state index is 12.8. The van der Waals surface area contributed by atoms with E-state index in [-0.39, 0.29) is 16.2 Å². The number of carbonyl (C=O) groups excluding carboxylic acids is 1. The standard InChI is InChI=1S/C25H25ClN2O4S/c26-21-10-8-20(9-11-21)25(14-16-32-17-15-25)18-27-24(29)19-6-12-23(13-7-19)33(30,31)28-22-4-2-1-3-5-22/h1-13,28H,14-18H2,(H,27,29). The molecule has 1 aliphatic rings. The molecule has 8 heteroatoms. The number of rotatable bonds is 7. The highest BCUT2D eigenvalue weighted by Crippen LogP contribution is 2.35. The van der Waals surface area contributed by atoms with Gasteiger partial charge < -0.3 is 10.1 Å². The summed E-state index contributed by atoms with van der Waals surface area (Å²) in [6, 6.07) is 22.3. The first-order valence-electron chi connectivity index (χ1n) is 10.7. The Balaban J connectivity index is 1.45. The van der Waals surface area contributed by atoms with Gasteiger partial charge in [0.15, 0.2) is 0 Å². The number of nitrogens with one attached hydrogen (secondary N) is 2. The fourth-order valence-electron chi connectivity index (χ4n) is 3.99. The van der Waals surface area contributed by atoms with Gasteiger partial charge in [-0.05, 0) is 66.9 Å². The lowest BCUT2D eigenvalue weighted by Crippen LogP contribution is -2.44. The molecular formula is C25H25ClN2O4S. The summed E-state index contributed by atoms with van der Waals surface area (Å²) >= 11 is 6.05. The molecule has 0 spiro atoms. The summed E-state index contributed by atoms with van der Waals surface area (Å²) < 4.78 is 33.3. The van der Waals surface area contributed by atoms with Crippen LogP contribution in [0.5, 0.6) is 0 Å². The Bertz CT molecular complexity index is 1190. The number of para-hydroxylation sites is 1. The Morgan fingerprint density at radius 3 is 2.18 bits per heavy atom. The van der Waals surface area contributed by atoms with E-state index in [0.717, 1.165) is 18.4 Å². The lowest BCUT2D eigenvalue weighted by atomic mass is 9.74. The van der Waals surface area contributed by atoms with Crippen molar-refractivity contribution in [3.05, 3.63) is 95.0 Å². The Morgan fingerprint density at radius 2 is 1.55 bits per heavy atom. The molecule has 0 bridgehead atoms. The Morgan fingerprint density at radius 1 is 0.909 bits per heavy atom. The van der Waals surface area contributed by atoms with Crippen molar-refractivity contribution < 1.29 is 17.9 Å². The van der Waals surface area contributed by atoms with Crippen molar-refractivity contribution in [2.75, 3.05) is 24.5 Å². The number of hydrogen-bond acceptors (Lipinski definition) is 4. The maximum Gasteiger partial charge on any atom is 0.261 e. The molecule has 6 nitrogen and oxygen atoms in total. The number of hydrogen-bond donors (Lipinski definition) is 2. The first kappa shape index (κ1) is 23.3. The van der Waals surface area contributed by atoms with Crippen LogP contribution in [0.4, 0.5) is 5.69 Å². The lowest BCUT2D eigenvalue weighted by Gasteiger charge is -2.38. The minimum Gasteiger partial charge on any atom is -0.381 e. The van der Waals surface area contributed by atoms with Crippen LogP contribution in [-0.4, -0.2) is 34.1 Å². The average molecular weight is 485 g/mol. The summed E-state index contributed by atoms with van der Waals surface area (Å²) in [5.41, 5.74) is 1.75. The van der Waals surface area contributed by atoms with Gasteiger partial charge in [-0.1, -0.05) is 41.9 Å². The van der Waals surface area contributed by atoms with E-state index < -0.39 is 10.0 Å². The molecule has 0 aromatic heterocycles. The fourth-order valence-corrected chi connectivity index (χ4v) is 5.17. The summed E-state index contributed by atoms with van der Waals surface area (Å²) in [5, 5.41) is 3.70. The average Bonchev–Trinajstić information content (AvgIpc) is 2.84. The molecule has 0 radical (unpaired) electrons. The van der Waals surface area contributed by atoms with Crippen LogP contribution in [0.1, 0.15) is 28.8 Å². The summed E-state index contributed by atoms with van der Waals surface area (Å²) in [6.45, 7) is 1.70. The second-order valence-electron chi connectivity index (χ2n) is 8.08. The normalized spacial score (nSPS) is 15.5. The van der Waals surface area contributed by atoms with E-state index in [9.17, 15) is 13.2 Å². The molecular weight excluding hydrogens is 460 g/mol. The van der Waals surface area contributed by atoms with Crippen LogP contribution in [-0.2, 0) is 20.2 Å². The molecule has 4 rings (SSSR count).